The van der Waals surface area contributed by atoms with E-state index < -0.39 is 5.97 Å². The Hall–Kier alpha value is -3.45. The second-order valence-electron chi connectivity index (χ2n) is 6.37. The molecule has 0 saturated heterocycles. The minimum Gasteiger partial charge on any atom is -0.478 e. The van der Waals surface area contributed by atoms with Crippen LogP contribution >= 0.6 is 11.6 Å². The molecular formula is C20H15ClN4O3. The van der Waals surface area contributed by atoms with Crippen LogP contribution in [-0.4, -0.2) is 34.0 Å². The molecule has 1 amide bonds. The van der Waals surface area contributed by atoms with Crippen LogP contribution in [0.25, 0.3) is 11.3 Å². The number of amides is 1. The Kier molecular flexibility index (Phi) is 4.44. The molecule has 1 aromatic heterocycles. The molecule has 1 aliphatic heterocycles. The van der Waals surface area contributed by atoms with Crippen LogP contribution in [0.5, 0.6) is 0 Å². The van der Waals surface area contributed by atoms with Crippen molar-refractivity contribution in [3.05, 3.63) is 64.8 Å². The zero-order chi connectivity index (χ0) is 19.8. The first-order valence-electron chi connectivity index (χ1n) is 8.45. The SMILES string of the molecule is CN1C(=O)Cc2cnc(Nc3ccc(C(=O)O)cc3)nc2-c2ccc(Cl)cc21. The van der Waals surface area contributed by atoms with Gasteiger partial charge in [-0.2, -0.15) is 0 Å². The van der Waals surface area contributed by atoms with Crippen molar-refractivity contribution in [3.63, 3.8) is 0 Å². The highest BCUT2D eigenvalue weighted by molar-refractivity contribution is 6.31. The van der Waals surface area contributed by atoms with Crippen molar-refractivity contribution in [1.82, 2.24) is 9.97 Å². The van der Waals surface area contributed by atoms with Crippen molar-refractivity contribution in [2.75, 3.05) is 17.3 Å². The summed E-state index contributed by atoms with van der Waals surface area (Å²) in [6, 6.07) is 11.6. The summed E-state index contributed by atoms with van der Waals surface area (Å²) in [4.78, 5) is 33.9. The van der Waals surface area contributed by atoms with Gasteiger partial charge in [-0.1, -0.05) is 11.6 Å². The smallest absolute Gasteiger partial charge is 0.335 e. The summed E-state index contributed by atoms with van der Waals surface area (Å²) in [5, 5.41) is 12.6. The second kappa shape index (κ2) is 6.94. The first-order valence-corrected chi connectivity index (χ1v) is 8.83. The number of nitrogens with one attached hydrogen (secondary N) is 1. The summed E-state index contributed by atoms with van der Waals surface area (Å²) in [5.41, 5.74) is 3.71. The van der Waals surface area contributed by atoms with Crippen LogP contribution in [0.2, 0.25) is 5.02 Å². The average Bonchev–Trinajstić information content (AvgIpc) is 2.78. The van der Waals surface area contributed by atoms with Gasteiger partial charge in [-0.05, 0) is 42.5 Å². The van der Waals surface area contributed by atoms with Crippen molar-refractivity contribution in [1.29, 1.82) is 0 Å². The first kappa shape index (κ1) is 17.9. The number of carboxylic acid groups (broad SMARTS) is 1. The normalized spacial score (nSPS) is 12.8. The fraction of sp³-hybridized carbons (Fsp3) is 0.100. The molecule has 0 unspecified atom stereocenters. The van der Waals surface area contributed by atoms with Gasteiger partial charge in [0, 0.05) is 35.1 Å². The first-order chi connectivity index (χ1) is 13.4. The molecule has 1 aliphatic rings. The van der Waals surface area contributed by atoms with E-state index in [4.69, 9.17) is 16.7 Å². The molecule has 8 heteroatoms. The maximum atomic E-state index is 12.5. The van der Waals surface area contributed by atoms with Crippen LogP contribution in [0.1, 0.15) is 15.9 Å². The molecule has 0 atom stereocenters. The predicted molar refractivity (Wildman–Crippen MR) is 106 cm³/mol. The fourth-order valence-electron chi connectivity index (χ4n) is 3.05. The number of carboxylic acids is 1. The summed E-state index contributed by atoms with van der Waals surface area (Å²) in [6.45, 7) is 0. The minimum atomic E-state index is -0.989. The van der Waals surface area contributed by atoms with Crippen molar-refractivity contribution in [3.8, 4) is 11.3 Å². The lowest BCUT2D eigenvalue weighted by molar-refractivity contribution is -0.117. The van der Waals surface area contributed by atoms with E-state index in [0.29, 0.717) is 28.0 Å². The van der Waals surface area contributed by atoms with Gasteiger partial charge >= 0.3 is 5.97 Å². The van der Waals surface area contributed by atoms with E-state index in [-0.39, 0.29) is 17.9 Å². The topological polar surface area (TPSA) is 95.4 Å². The molecule has 0 bridgehead atoms. The minimum absolute atomic E-state index is 0.0733. The van der Waals surface area contributed by atoms with Gasteiger partial charge in [0.2, 0.25) is 11.9 Å². The maximum Gasteiger partial charge on any atom is 0.335 e. The largest absolute Gasteiger partial charge is 0.478 e. The van der Waals surface area contributed by atoms with Crippen LogP contribution in [0.3, 0.4) is 0 Å². The van der Waals surface area contributed by atoms with Crippen molar-refractivity contribution >= 4 is 40.8 Å². The molecule has 0 aliphatic carbocycles. The Morgan fingerprint density at radius 3 is 2.68 bits per heavy atom. The zero-order valence-electron chi connectivity index (χ0n) is 14.8. The van der Waals surface area contributed by atoms with Crippen LogP contribution in [0.15, 0.2) is 48.7 Å². The van der Waals surface area contributed by atoms with Crippen LogP contribution in [0.4, 0.5) is 17.3 Å². The molecule has 0 radical (unpaired) electrons. The quantitative estimate of drug-likeness (QED) is 0.702. The van der Waals surface area contributed by atoms with E-state index in [1.165, 1.54) is 12.1 Å². The molecule has 0 spiro atoms. The third-order valence-corrected chi connectivity index (χ3v) is 4.78. The maximum absolute atomic E-state index is 12.5. The molecule has 28 heavy (non-hydrogen) atoms. The fourth-order valence-corrected chi connectivity index (χ4v) is 3.22. The van der Waals surface area contributed by atoms with Gasteiger partial charge in [-0.3, -0.25) is 4.79 Å². The number of rotatable bonds is 3. The van der Waals surface area contributed by atoms with Gasteiger partial charge < -0.3 is 15.3 Å². The number of likely N-dealkylation sites (N-methyl/N-ethyl adjacent to an activating group) is 1. The number of hydrogen-bond donors (Lipinski definition) is 2. The van der Waals surface area contributed by atoms with Gasteiger partial charge in [0.1, 0.15) is 0 Å². The number of halogens is 1. The molecule has 7 nitrogen and oxygen atoms in total. The Balaban J connectivity index is 1.74. The van der Waals surface area contributed by atoms with Crippen LogP contribution in [-0.2, 0) is 11.2 Å². The van der Waals surface area contributed by atoms with Crippen molar-refractivity contribution in [2.24, 2.45) is 0 Å². The second-order valence-corrected chi connectivity index (χ2v) is 6.80. The highest BCUT2D eigenvalue weighted by Crippen LogP contribution is 2.37. The molecular weight excluding hydrogens is 380 g/mol. The number of nitrogens with zero attached hydrogens (tertiary/aromatic N) is 3. The lowest BCUT2D eigenvalue weighted by Gasteiger charge is -2.17. The molecule has 140 valence electrons. The number of anilines is 3. The summed E-state index contributed by atoms with van der Waals surface area (Å²) >= 11 is 6.12. The summed E-state index contributed by atoms with van der Waals surface area (Å²) in [6.07, 6.45) is 1.82. The third kappa shape index (κ3) is 3.27. The van der Waals surface area contributed by atoms with E-state index in [1.54, 1.807) is 42.4 Å². The van der Waals surface area contributed by atoms with E-state index in [2.05, 4.69) is 15.3 Å². The number of benzene rings is 2. The number of aromatic carboxylic acids is 1. The van der Waals surface area contributed by atoms with E-state index in [9.17, 15) is 9.59 Å². The highest BCUT2D eigenvalue weighted by atomic mass is 35.5. The van der Waals surface area contributed by atoms with E-state index >= 15 is 0 Å². The van der Waals surface area contributed by atoms with Gasteiger partial charge in [0.15, 0.2) is 0 Å². The third-order valence-electron chi connectivity index (χ3n) is 4.54. The van der Waals surface area contributed by atoms with E-state index in [0.717, 1.165) is 11.1 Å². The lowest BCUT2D eigenvalue weighted by Crippen LogP contribution is -2.26. The molecule has 3 aromatic rings. The standard InChI is InChI=1S/C20H15ClN4O3/c1-25-16-9-13(21)4-7-15(16)18-12(8-17(25)26)10-22-20(24-18)23-14-5-2-11(3-6-14)19(27)28/h2-7,9-10H,8H2,1H3,(H,27,28)(H,22,23,24). The predicted octanol–water partition coefficient (Wildman–Crippen LogP) is 3.76. The van der Waals surface area contributed by atoms with Gasteiger partial charge in [-0.25, -0.2) is 14.8 Å². The Labute approximate surface area is 165 Å². The highest BCUT2D eigenvalue weighted by Gasteiger charge is 2.25. The lowest BCUT2D eigenvalue weighted by atomic mass is 10.1. The monoisotopic (exact) mass is 394 g/mol. The summed E-state index contributed by atoms with van der Waals surface area (Å²) in [5.74, 6) is -0.715. The van der Waals surface area contributed by atoms with Crippen molar-refractivity contribution in [2.45, 2.75) is 6.42 Å². The van der Waals surface area contributed by atoms with Crippen LogP contribution < -0.4 is 10.2 Å². The van der Waals surface area contributed by atoms with E-state index in [1.807, 2.05) is 6.07 Å². The average molecular weight is 395 g/mol. The zero-order valence-corrected chi connectivity index (χ0v) is 15.6. The molecule has 2 aromatic carbocycles. The molecule has 0 saturated carbocycles. The summed E-state index contributed by atoms with van der Waals surface area (Å²) in [7, 11) is 1.71. The summed E-state index contributed by atoms with van der Waals surface area (Å²) < 4.78 is 0. The molecule has 2 N–H and O–H groups in total. The van der Waals surface area contributed by atoms with Gasteiger partial charge in [0.25, 0.3) is 0 Å². The number of fused-ring (bicyclic) bond motifs is 3. The Bertz CT molecular complexity index is 1100. The molecule has 0 fully saturated rings. The number of carbonyl (C=O) groups excluding carboxylic acids is 1. The number of aromatic nitrogens is 2. The van der Waals surface area contributed by atoms with Crippen molar-refractivity contribution < 1.29 is 14.7 Å². The van der Waals surface area contributed by atoms with Gasteiger partial charge in [-0.15, -0.1) is 0 Å². The number of carbonyl (C=O) groups is 2. The van der Waals surface area contributed by atoms with Crippen LogP contribution in [0, 0.1) is 0 Å². The Morgan fingerprint density at radius 1 is 1.21 bits per heavy atom. The molecule has 4 rings (SSSR count). The van der Waals surface area contributed by atoms with Gasteiger partial charge in [0.05, 0.1) is 23.4 Å². The number of hydrogen-bond acceptors (Lipinski definition) is 5. The molecule has 2 heterocycles. The Morgan fingerprint density at radius 2 is 1.96 bits per heavy atom.